The van der Waals surface area contributed by atoms with Gasteiger partial charge in [-0.3, -0.25) is 9.59 Å². The fraction of sp³-hybridized carbons (Fsp3) is 0.440. The van der Waals surface area contributed by atoms with E-state index in [0.29, 0.717) is 30.2 Å². The molecule has 0 saturated carbocycles. The summed E-state index contributed by atoms with van der Waals surface area (Å²) in [6.45, 7) is 2.01. The molecule has 164 valence electrons. The number of nitrogens with zero attached hydrogens (tertiary/aromatic N) is 2. The Morgan fingerprint density at radius 3 is 2.42 bits per heavy atom. The maximum absolute atomic E-state index is 13.2. The van der Waals surface area contributed by atoms with Crippen molar-refractivity contribution in [3.8, 4) is 5.75 Å². The Bertz CT molecular complexity index is 881. The van der Waals surface area contributed by atoms with Crippen molar-refractivity contribution in [1.82, 2.24) is 9.80 Å². The average Bonchev–Trinajstić information content (AvgIpc) is 3.46. The normalized spacial score (nSPS) is 20.8. The number of hydrogen-bond donors (Lipinski definition) is 0. The minimum atomic E-state index is -0.431. The lowest BCUT2D eigenvalue weighted by molar-refractivity contribution is -0.143. The van der Waals surface area contributed by atoms with Gasteiger partial charge in [-0.15, -0.1) is 0 Å². The molecule has 0 aromatic heterocycles. The number of halogens is 1. The molecule has 0 spiro atoms. The van der Waals surface area contributed by atoms with Crippen molar-refractivity contribution in [2.75, 3.05) is 19.6 Å². The Kier molecular flexibility index (Phi) is 7.13. The Balaban J connectivity index is 1.40. The standard InChI is InChI=1S/C25H29ClN2O3/c26-20-11-13-21(14-12-20)31-22-17-23(25(30)27-15-4-5-16-27)28(18-22)24(29)10-6-9-19-7-2-1-3-8-19/h1-3,7-8,11-14,22-23H,4-6,9-10,15-18H2/t22-,23-/m0/s1. The highest BCUT2D eigenvalue weighted by Gasteiger charge is 2.42. The molecular formula is C25H29ClN2O3. The number of aryl methyl sites for hydroxylation is 1. The molecule has 2 fully saturated rings. The maximum Gasteiger partial charge on any atom is 0.245 e. The molecular weight excluding hydrogens is 412 g/mol. The molecule has 0 unspecified atom stereocenters. The van der Waals surface area contributed by atoms with E-state index in [2.05, 4.69) is 12.1 Å². The molecule has 0 radical (unpaired) electrons. The zero-order valence-corrected chi connectivity index (χ0v) is 18.5. The fourth-order valence-electron chi connectivity index (χ4n) is 4.48. The van der Waals surface area contributed by atoms with Gasteiger partial charge >= 0.3 is 0 Å². The van der Waals surface area contributed by atoms with Gasteiger partial charge in [0.15, 0.2) is 0 Å². The van der Waals surface area contributed by atoms with Gasteiger partial charge in [-0.2, -0.15) is 0 Å². The van der Waals surface area contributed by atoms with Gasteiger partial charge in [0.1, 0.15) is 17.9 Å². The van der Waals surface area contributed by atoms with Gasteiger partial charge in [0.25, 0.3) is 0 Å². The van der Waals surface area contributed by atoms with E-state index in [1.54, 1.807) is 17.0 Å². The highest BCUT2D eigenvalue weighted by molar-refractivity contribution is 6.30. The van der Waals surface area contributed by atoms with E-state index >= 15 is 0 Å². The number of likely N-dealkylation sites (tertiary alicyclic amines) is 2. The van der Waals surface area contributed by atoms with Crippen LogP contribution in [-0.2, 0) is 16.0 Å². The second-order valence-corrected chi connectivity index (χ2v) is 8.80. The Morgan fingerprint density at radius 1 is 1.00 bits per heavy atom. The molecule has 2 atom stereocenters. The largest absolute Gasteiger partial charge is 0.488 e. The van der Waals surface area contributed by atoms with Gasteiger partial charge < -0.3 is 14.5 Å². The van der Waals surface area contributed by atoms with Crippen LogP contribution in [0.15, 0.2) is 54.6 Å². The van der Waals surface area contributed by atoms with Crippen molar-refractivity contribution >= 4 is 23.4 Å². The molecule has 0 N–H and O–H groups in total. The molecule has 2 aromatic carbocycles. The van der Waals surface area contributed by atoms with E-state index in [1.165, 1.54) is 5.56 Å². The summed E-state index contributed by atoms with van der Waals surface area (Å²) in [4.78, 5) is 29.9. The molecule has 2 amide bonds. The van der Waals surface area contributed by atoms with E-state index in [9.17, 15) is 9.59 Å². The first-order valence-corrected chi connectivity index (χ1v) is 11.5. The molecule has 0 aliphatic carbocycles. The molecule has 2 aromatic rings. The SMILES string of the molecule is O=C([C@@H]1C[C@H](Oc2ccc(Cl)cc2)CN1C(=O)CCCc1ccccc1)N1CCCC1. The minimum Gasteiger partial charge on any atom is -0.488 e. The summed E-state index contributed by atoms with van der Waals surface area (Å²) in [6.07, 6.45) is 4.47. The summed E-state index contributed by atoms with van der Waals surface area (Å²) < 4.78 is 6.10. The molecule has 2 aliphatic rings. The van der Waals surface area contributed by atoms with Crippen LogP contribution in [0.25, 0.3) is 0 Å². The van der Waals surface area contributed by atoms with Crippen molar-refractivity contribution in [2.24, 2.45) is 0 Å². The molecule has 2 heterocycles. The Labute approximate surface area is 188 Å². The molecule has 4 rings (SSSR count). The van der Waals surface area contributed by atoms with Crippen molar-refractivity contribution in [3.63, 3.8) is 0 Å². The summed E-state index contributed by atoms with van der Waals surface area (Å²) >= 11 is 5.96. The van der Waals surface area contributed by atoms with E-state index in [1.807, 2.05) is 35.2 Å². The van der Waals surface area contributed by atoms with E-state index < -0.39 is 6.04 Å². The molecule has 0 bridgehead atoms. The Hall–Kier alpha value is -2.53. The lowest BCUT2D eigenvalue weighted by Gasteiger charge is -2.27. The van der Waals surface area contributed by atoms with Crippen LogP contribution in [0.3, 0.4) is 0 Å². The molecule has 2 saturated heterocycles. The predicted octanol–water partition coefficient (Wildman–Crippen LogP) is 4.33. The number of benzene rings is 2. The zero-order chi connectivity index (χ0) is 21.6. The monoisotopic (exact) mass is 440 g/mol. The van der Waals surface area contributed by atoms with Crippen LogP contribution in [0.2, 0.25) is 5.02 Å². The summed E-state index contributed by atoms with van der Waals surface area (Å²) in [7, 11) is 0. The van der Waals surface area contributed by atoms with Crippen molar-refractivity contribution in [2.45, 2.75) is 50.7 Å². The quantitative estimate of drug-likeness (QED) is 0.643. The minimum absolute atomic E-state index is 0.0377. The zero-order valence-electron chi connectivity index (χ0n) is 17.7. The topological polar surface area (TPSA) is 49.9 Å². The van der Waals surface area contributed by atoms with Crippen LogP contribution in [0, 0.1) is 0 Å². The number of hydrogen-bond acceptors (Lipinski definition) is 3. The number of carbonyl (C=O) groups excluding carboxylic acids is 2. The highest BCUT2D eigenvalue weighted by atomic mass is 35.5. The van der Waals surface area contributed by atoms with Crippen LogP contribution in [-0.4, -0.2) is 53.4 Å². The van der Waals surface area contributed by atoms with Crippen LogP contribution < -0.4 is 4.74 Å². The molecule has 31 heavy (non-hydrogen) atoms. The van der Waals surface area contributed by atoms with Gasteiger partial charge in [-0.25, -0.2) is 0 Å². The lowest BCUT2D eigenvalue weighted by atomic mass is 10.1. The van der Waals surface area contributed by atoms with E-state index in [4.69, 9.17) is 16.3 Å². The van der Waals surface area contributed by atoms with Crippen LogP contribution in [0.1, 0.15) is 37.7 Å². The van der Waals surface area contributed by atoms with Crippen molar-refractivity contribution in [1.29, 1.82) is 0 Å². The van der Waals surface area contributed by atoms with Gasteiger partial charge in [-0.05, 0) is 55.5 Å². The summed E-state index contributed by atoms with van der Waals surface area (Å²) in [5.74, 6) is 0.812. The first kappa shape index (κ1) is 21.7. The summed E-state index contributed by atoms with van der Waals surface area (Å²) in [5.41, 5.74) is 1.23. The average molecular weight is 441 g/mol. The number of carbonyl (C=O) groups is 2. The lowest BCUT2D eigenvalue weighted by Crippen LogP contribution is -2.46. The number of amides is 2. The van der Waals surface area contributed by atoms with E-state index in [-0.39, 0.29) is 17.9 Å². The predicted molar refractivity (Wildman–Crippen MR) is 121 cm³/mol. The third-order valence-electron chi connectivity index (χ3n) is 6.10. The second-order valence-electron chi connectivity index (χ2n) is 8.36. The highest BCUT2D eigenvalue weighted by Crippen LogP contribution is 2.27. The first-order valence-electron chi connectivity index (χ1n) is 11.1. The summed E-state index contributed by atoms with van der Waals surface area (Å²) in [5, 5.41) is 0.649. The second kappa shape index (κ2) is 10.2. The maximum atomic E-state index is 13.2. The Morgan fingerprint density at radius 2 is 1.71 bits per heavy atom. The van der Waals surface area contributed by atoms with Crippen molar-refractivity contribution in [3.05, 3.63) is 65.2 Å². The molecule has 5 nitrogen and oxygen atoms in total. The first-order chi connectivity index (χ1) is 15.1. The third-order valence-corrected chi connectivity index (χ3v) is 6.35. The summed E-state index contributed by atoms with van der Waals surface area (Å²) in [6, 6.07) is 17.0. The molecule has 2 aliphatic heterocycles. The number of rotatable bonds is 7. The molecule has 6 heteroatoms. The van der Waals surface area contributed by atoms with Gasteiger partial charge in [0, 0.05) is 31.0 Å². The third kappa shape index (κ3) is 5.59. The van der Waals surface area contributed by atoms with Crippen LogP contribution in [0.5, 0.6) is 5.75 Å². The van der Waals surface area contributed by atoms with Crippen molar-refractivity contribution < 1.29 is 14.3 Å². The van der Waals surface area contributed by atoms with E-state index in [0.717, 1.165) is 38.8 Å². The van der Waals surface area contributed by atoms with Gasteiger partial charge in [0.05, 0.1) is 6.54 Å². The number of ether oxygens (including phenoxy) is 1. The van der Waals surface area contributed by atoms with Gasteiger partial charge in [-0.1, -0.05) is 41.9 Å². The van der Waals surface area contributed by atoms with Gasteiger partial charge in [0.2, 0.25) is 11.8 Å². The van der Waals surface area contributed by atoms with Crippen LogP contribution >= 0.6 is 11.6 Å². The fourth-order valence-corrected chi connectivity index (χ4v) is 4.60. The van der Waals surface area contributed by atoms with Crippen LogP contribution in [0.4, 0.5) is 0 Å². The smallest absolute Gasteiger partial charge is 0.245 e.